The van der Waals surface area contributed by atoms with Crippen LogP contribution in [0.1, 0.15) is 43.0 Å². The molecule has 226 valence electrons. The Hall–Kier alpha value is -3.60. The van der Waals surface area contributed by atoms with Gasteiger partial charge in [-0.2, -0.15) is 0 Å². The normalized spacial score (nSPS) is 19.1. The number of likely N-dealkylation sites (tertiary alicyclic amines) is 1. The molecule has 1 spiro atoms. The number of halogens is 1. The lowest BCUT2D eigenvalue weighted by Crippen LogP contribution is -2.54. The number of nitrogens with one attached hydrogen (secondary N) is 1. The predicted molar refractivity (Wildman–Crippen MR) is 170 cm³/mol. The van der Waals surface area contributed by atoms with Gasteiger partial charge in [-0.05, 0) is 60.8 Å². The smallest absolute Gasteiger partial charge is 0.246 e. The van der Waals surface area contributed by atoms with E-state index in [4.69, 9.17) is 25.2 Å². The van der Waals surface area contributed by atoms with E-state index >= 15 is 0 Å². The van der Waals surface area contributed by atoms with Gasteiger partial charge in [-0.1, -0.05) is 6.58 Å². The van der Waals surface area contributed by atoms with Crippen molar-refractivity contribution in [1.82, 2.24) is 15.2 Å². The first-order valence-corrected chi connectivity index (χ1v) is 15.7. The fourth-order valence-corrected chi connectivity index (χ4v) is 7.40. The molecule has 0 unspecified atom stereocenters. The first-order valence-electron chi connectivity index (χ1n) is 14.9. The molecule has 2 aliphatic heterocycles. The van der Waals surface area contributed by atoms with Crippen LogP contribution in [0.4, 0.5) is 4.39 Å². The van der Waals surface area contributed by atoms with E-state index in [1.165, 1.54) is 37.3 Å². The summed E-state index contributed by atoms with van der Waals surface area (Å²) in [5, 5.41) is 6.67. The Morgan fingerprint density at radius 3 is 2.74 bits per heavy atom. The van der Waals surface area contributed by atoms with Gasteiger partial charge in [0.2, 0.25) is 5.91 Å². The van der Waals surface area contributed by atoms with Crippen LogP contribution in [0.25, 0.3) is 26.8 Å². The van der Waals surface area contributed by atoms with Crippen LogP contribution in [-0.2, 0) is 9.53 Å². The fourth-order valence-electron chi connectivity index (χ4n) is 6.44. The van der Waals surface area contributed by atoms with Gasteiger partial charge >= 0.3 is 0 Å². The predicted octanol–water partition coefficient (Wildman–Crippen LogP) is 5.14. The Morgan fingerprint density at radius 2 is 2.07 bits per heavy atom. The number of ether oxygens (including phenoxy) is 2. The quantitative estimate of drug-likeness (QED) is 0.189. The largest absolute Gasteiger partial charge is 0.490 e. The second-order valence-electron chi connectivity index (χ2n) is 11.7. The number of benzene rings is 1. The van der Waals surface area contributed by atoms with Gasteiger partial charge in [-0.3, -0.25) is 14.8 Å². The van der Waals surface area contributed by atoms with E-state index in [0.29, 0.717) is 48.0 Å². The monoisotopic (exact) mass is 603 g/mol. The van der Waals surface area contributed by atoms with E-state index in [1.54, 1.807) is 35.6 Å². The van der Waals surface area contributed by atoms with Gasteiger partial charge in [-0.15, -0.1) is 11.3 Å². The molecule has 3 N–H and O–H groups in total. The van der Waals surface area contributed by atoms with Crippen LogP contribution in [-0.4, -0.2) is 74.6 Å². The molecule has 3 aliphatic rings. The molecule has 1 aliphatic carbocycles. The third kappa shape index (κ3) is 5.83. The summed E-state index contributed by atoms with van der Waals surface area (Å²) in [6.07, 6.45) is 9.18. The fraction of sp³-hybridized carbons (Fsp3) is 0.424. The van der Waals surface area contributed by atoms with Crippen molar-refractivity contribution in [2.45, 2.75) is 37.6 Å². The summed E-state index contributed by atoms with van der Waals surface area (Å²) in [4.78, 5) is 23.8. The van der Waals surface area contributed by atoms with Crippen LogP contribution in [0.15, 0.2) is 53.5 Å². The Labute approximate surface area is 255 Å². The molecule has 8 nitrogen and oxygen atoms in total. The number of nitrogens with zero attached hydrogens (tertiary/aromatic N) is 3. The second kappa shape index (κ2) is 12.6. The van der Waals surface area contributed by atoms with Crippen molar-refractivity contribution in [2.75, 3.05) is 46.5 Å². The third-order valence-electron chi connectivity index (χ3n) is 9.05. The minimum absolute atomic E-state index is 0.0309. The van der Waals surface area contributed by atoms with Crippen LogP contribution in [0.2, 0.25) is 0 Å². The Bertz CT molecular complexity index is 1560. The number of carbonyl (C=O) groups is 1. The summed E-state index contributed by atoms with van der Waals surface area (Å²) in [5.74, 6) is 0.279. The summed E-state index contributed by atoms with van der Waals surface area (Å²) in [7, 11) is 1.60. The molecule has 6 rings (SSSR count). The zero-order valence-electron chi connectivity index (χ0n) is 24.5. The van der Waals surface area contributed by atoms with Gasteiger partial charge in [-0.25, -0.2) is 4.39 Å². The maximum atomic E-state index is 14.5. The molecule has 1 aromatic carbocycles. The van der Waals surface area contributed by atoms with E-state index in [1.807, 2.05) is 0 Å². The molecule has 1 amide bonds. The molecule has 0 bridgehead atoms. The molecule has 3 fully saturated rings. The summed E-state index contributed by atoms with van der Waals surface area (Å²) >= 11 is 1.64. The molecule has 2 aromatic heterocycles. The topological polar surface area (TPSA) is 102 Å². The van der Waals surface area contributed by atoms with Crippen LogP contribution in [0.3, 0.4) is 0 Å². The highest BCUT2D eigenvalue weighted by Crippen LogP contribution is 2.49. The Balaban J connectivity index is 1.43. The van der Waals surface area contributed by atoms with Crippen molar-refractivity contribution in [3.8, 4) is 16.9 Å². The molecular formula is C33H38FN5O3S. The molecule has 0 radical (unpaired) electrons. The van der Waals surface area contributed by atoms with Gasteiger partial charge in [0, 0.05) is 84.5 Å². The number of fused-ring (bicyclic) bond motifs is 1. The van der Waals surface area contributed by atoms with Gasteiger partial charge in [0.25, 0.3) is 0 Å². The lowest BCUT2D eigenvalue weighted by molar-refractivity contribution is -0.130. The summed E-state index contributed by atoms with van der Waals surface area (Å²) in [6.45, 7) is 7.50. The molecule has 3 aromatic rings. The highest BCUT2D eigenvalue weighted by molar-refractivity contribution is 7.17. The van der Waals surface area contributed by atoms with E-state index in [2.05, 4.69) is 23.3 Å². The molecule has 2 saturated heterocycles. The van der Waals surface area contributed by atoms with Crippen LogP contribution in [0, 0.1) is 11.2 Å². The average Bonchev–Trinajstić information content (AvgIpc) is 3.47. The van der Waals surface area contributed by atoms with Crippen LogP contribution >= 0.6 is 11.3 Å². The SMILES string of the molecule is C=CC(=O)N1CC(N=C/C(=C\N)c2nc(C3CCC4(CC3)CNC4)c3ccsc3c2-c2ccc(F)cc2OCCOC)C1. The van der Waals surface area contributed by atoms with Crippen LogP contribution < -0.4 is 15.8 Å². The average molecular weight is 604 g/mol. The zero-order chi connectivity index (χ0) is 30.0. The number of methoxy groups -OCH3 is 1. The second-order valence-corrected chi connectivity index (χ2v) is 12.7. The van der Waals surface area contributed by atoms with Gasteiger partial charge < -0.3 is 25.4 Å². The van der Waals surface area contributed by atoms with Crippen molar-refractivity contribution in [1.29, 1.82) is 0 Å². The summed E-state index contributed by atoms with van der Waals surface area (Å²) in [5.41, 5.74) is 10.8. The molecule has 10 heteroatoms. The number of aliphatic imine (C=N–C) groups is 1. The number of rotatable bonds is 10. The van der Waals surface area contributed by atoms with E-state index in [0.717, 1.165) is 52.8 Å². The number of aromatic nitrogens is 1. The number of pyridine rings is 1. The number of allylic oxidation sites excluding steroid dienone is 1. The van der Waals surface area contributed by atoms with Gasteiger partial charge in [0.15, 0.2) is 0 Å². The highest BCUT2D eigenvalue weighted by atomic mass is 32.1. The van der Waals surface area contributed by atoms with Crippen molar-refractivity contribution in [2.24, 2.45) is 16.1 Å². The van der Waals surface area contributed by atoms with Crippen molar-refractivity contribution >= 4 is 39.1 Å². The van der Waals surface area contributed by atoms with Gasteiger partial charge in [0.05, 0.1) is 24.0 Å². The van der Waals surface area contributed by atoms with E-state index in [9.17, 15) is 9.18 Å². The molecule has 1 saturated carbocycles. The number of hydrogen-bond donors (Lipinski definition) is 2. The lowest BCUT2D eigenvalue weighted by Gasteiger charge is -2.47. The maximum absolute atomic E-state index is 14.5. The molecule has 4 heterocycles. The van der Waals surface area contributed by atoms with E-state index < -0.39 is 0 Å². The summed E-state index contributed by atoms with van der Waals surface area (Å²) in [6, 6.07) is 6.73. The third-order valence-corrected chi connectivity index (χ3v) is 9.99. The highest BCUT2D eigenvalue weighted by Gasteiger charge is 2.41. The number of carbonyl (C=O) groups excluding carboxylic acids is 1. The van der Waals surface area contributed by atoms with Crippen LogP contribution in [0.5, 0.6) is 5.75 Å². The summed E-state index contributed by atoms with van der Waals surface area (Å²) < 4.78 is 26.8. The zero-order valence-corrected chi connectivity index (χ0v) is 25.3. The molecular weight excluding hydrogens is 565 g/mol. The Morgan fingerprint density at radius 1 is 1.28 bits per heavy atom. The van der Waals surface area contributed by atoms with Crippen molar-refractivity contribution in [3.05, 3.63) is 65.7 Å². The van der Waals surface area contributed by atoms with Crippen molar-refractivity contribution < 1.29 is 18.7 Å². The Kier molecular flexibility index (Phi) is 8.61. The maximum Gasteiger partial charge on any atom is 0.246 e. The lowest BCUT2D eigenvalue weighted by atomic mass is 9.66. The minimum atomic E-state index is -0.383. The van der Waals surface area contributed by atoms with Gasteiger partial charge in [0.1, 0.15) is 18.2 Å². The first kappa shape index (κ1) is 29.5. The first-order chi connectivity index (χ1) is 20.9. The number of thiophene rings is 1. The number of hydrogen-bond acceptors (Lipinski definition) is 8. The van der Waals surface area contributed by atoms with Crippen molar-refractivity contribution in [3.63, 3.8) is 0 Å². The molecule has 43 heavy (non-hydrogen) atoms. The molecule has 0 atom stereocenters. The standard InChI is InChI=1S/C33H38FN5O3S/c1-3-28(40)39-17-24(18-39)37-16-22(15-35)31-29(25-5-4-23(34)14-27(25)42-12-11-41-2)32-26(8-13-43-32)30(38-31)21-6-9-33(10-7-21)19-36-20-33/h3-5,8,13-16,21,24,36H,1,6-7,9-12,17-20,35H2,2H3/b22-15+,37-16?. The number of nitrogens with two attached hydrogens (primary N) is 1. The number of amides is 1. The minimum Gasteiger partial charge on any atom is -0.490 e. The van der Waals surface area contributed by atoms with E-state index in [-0.39, 0.29) is 24.4 Å².